The van der Waals surface area contributed by atoms with E-state index in [1.54, 1.807) is 0 Å². The van der Waals surface area contributed by atoms with Gasteiger partial charge in [-0.1, -0.05) is 16.8 Å². The van der Waals surface area contributed by atoms with E-state index < -0.39 is 21.9 Å². The monoisotopic (exact) mass is 413 g/mol. The molecule has 144 valence electrons. The predicted octanol–water partition coefficient (Wildman–Crippen LogP) is 1.28. The minimum Gasteiger partial charge on any atom is -0.481 e. The van der Waals surface area contributed by atoms with Gasteiger partial charge < -0.3 is 14.9 Å². The molecule has 0 fully saturated rings. The van der Waals surface area contributed by atoms with Crippen molar-refractivity contribution in [2.75, 3.05) is 13.1 Å². The molecule has 0 unspecified atom stereocenters. The number of rotatable bonds is 6. The van der Waals surface area contributed by atoms with Gasteiger partial charge in [0.25, 0.3) is 5.91 Å². The molecule has 9 nitrogen and oxygen atoms in total. The maximum absolute atomic E-state index is 12.8. The third-order valence-corrected chi connectivity index (χ3v) is 6.19. The molecule has 2 heterocycles. The van der Waals surface area contributed by atoms with Gasteiger partial charge in [-0.15, -0.1) is 0 Å². The molecule has 0 aliphatic carbocycles. The summed E-state index contributed by atoms with van der Waals surface area (Å²) >= 11 is 5.81. The number of hydrogen-bond acceptors (Lipinski definition) is 6. The zero-order valence-electron chi connectivity index (χ0n) is 14.0. The zero-order chi connectivity index (χ0) is 19.6. The van der Waals surface area contributed by atoms with Gasteiger partial charge in [0.1, 0.15) is 5.76 Å². The maximum Gasteiger partial charge on any atom is 0.305 e. The summed E-state index contributed by atoms with van der Waals surface area (Å²) in [5.41, 5.74) is 0.345. The fourth-order valence-electron chi connectivity index (χ4n) is 2.69. The van der Waals surface area contributed by atoms with Crippen molar-refractivity contribution < 1.29 is 27.6 Å². The van der Waals surface area contributed by atoms with E-state index in [1.165, 1.54) is 28.6 Å². The Bertz CT molecular complexity index is 971. The number of nitrogens with zero attached hydrogens (tertiary/aromatic N) is 2. The number of halogens is 1. The lowest BCUT2D eigenvalue weighted by molar-refractivity contribution is -0.136. The van der Waals surface area contributed by atoms with Gasteiger partial charge in [0.2, 0.25) is 10.0 Å². The number of carbonyl (C=O) groups is 2. The first-order valence-corrected chi connectivity index (χ1v) is 9.84. The molecule has 1 amide bonds. The standard InChI is InChI=1S/C16H16ClN3O6S/c17-10-1-3-11(4-2-10)27(24,25)20-8-6-13-12(9-20)15(19-26-13)16(23)18-7-5-14(21)22/h1-4H,5-9H2,(H,18,23)(H,21,22). The highest BCUT2D eigenvalue weighted by molar-refractivity contribution is 7.89. The van der Waals surface area contributed by atoms with Crippen molar-refractivity contribution in [2.24, 2.45) is 0 Å². The number of sulfonamides is 1. The van der Waals surface area contributed by atoms with Gasteiger partial charge in [-0.3, -0.25) is 9.59 Å². The first kappa shape index (κ1) is 19.3. The van der Waals surface area contributed by atoms with Gasteiger partial charge in [-0.05, 0) is 24.3 Å². The fourth-order valence-corrected chi connectivity index (χ4v) is 4.23. The number of benzene rings is 1. The van der Waals surface area contributed by atoms with E-state index in [2.05, 4.69) is 10.5 Å². The molecule has 0 spiro atoms. The molecule has 1 aromatic carbocycles. The summed E-state index contributed by atoms with van der Waals surface area (Å²) < 4.78 is 32.0. The van der Waals surface area contributed by atoms with Crippen LogP contribution >= 0.6 is 11.6 Å². The largest absolute Gasteiger partial charge is 0.481 e. The molecule has 0 atom stereocenters. The van der Waals surface area contributed by atoms with Crippen molar-refractivity contribution in [3.63, 3.8) is 0 Å². The molecule has 27 heavy (non-hydrogen) atoms. The van der Waals surface area contributed by atoms with Crippen LogP contribution in [-0.4, -0.2) is 48.0 Å². The Morgan fingerprint density at radius 3 is 2.67 bits per heavy atom. The van der Waals surface area contributed by atoms with Crippen LogP contribution in [0.25, 0.3) is 0 Å². The van der Waals surface area contributed by atoms with Gasteiger partial charge >= 0.3 is 5.97 Å². The van der Waals surface area contributed by atoms with Gasteiger partial charge in [-0.2, -0.15) is 4.31 Å². The predicted molar refractivity (Wildman–Crippen MR) is 93.8 cm³/mol. The van der Waals surface area contributed by atoms with Gasteiger partial charge in [-0.25, -0.2) is 8.42 Å². The van der Waals surface area contributed by atoms with Crippen LogP contribution in [0.2, 0.25) is 5.02 Å². The average molecular weight is 414 g/mol. The average Bonchev–Trinajstić information content (AvgIpc) is 3.05. The Kier molecular flexibility index (Phi) is 5.49. The summed E-state index contributed by atoms with van der Waals surface area (Å²) in [4.78, 5) is 22.9. The number of carboxylic acid groups (broad SMARTS) is 1. The summed E-state index contributed by atoms with van der Waals surface area (Å²) in [5, 5.41) is 15.2. The molecule has 0 saturated heterocycles. The Balaban J connectivity index is 1.79. The van der Waals surface area contributed by atoms with E-state index in [4.69, 9.17) is 21.2 Å². The number of carboxylic acids is 1. The smallest absolute Gasteiger partial charge is 0.305 e. The van der Waals surface area contributed by atoms with Crippen LogP contribution in [0.15, 0.2) is 33.7 Å². The summed E-state index contributed by atoms with van der Waals surface area (Å²) in [6.07, 6.45) is 0.0421. The van der Waals surface area contributed by atoms with E-state index in [-0.39, 0.29) is 43.1 Å². The van der Waals surface area contributed by atoms with Crippen LogP contribution in [-0.2, 0) is 27.8 Å². The van der Waals surface area contributed by atoms with E-state index in [1.807, 2.05) is 0 Å². The van der Waals surface area contributed by atoms with Gasteiger partial charge in [0, 0.05) is 36.6 Å². The Hall–Kier alpha value is -2.43. The first-order valence-electron chi connectivity index (χ1n) is 8.02. The zero-order valence-corrected chi connectivity index (χ0v) is 15.6. The van der Waals surface area contributed by atoms with E-state index in [0.717, 1.165) is 0 Å². The molecule has 1 aliphatic rings. The topological polar surface area (TPSA) is 130 Å². The van der Waals surface area contributed by atoms with Crippen LogP contribution in [0.4, 0.5) is 0 Å². The lowest BCUT2D eigenvalue weighted by atomic mass is 10.1. The SMILES string of the molecule is O=C(O)CCNC(=O)c1noc2c1CN(S(=O)(=O)c1ccc(Cl)cc1)CC2. The summed E-state index contributed by atoms with van der Waals surface area (Å²) in [7, 11) is -3.77. The highest BCUT2D eigenvalue weighted by atomic mass is 35.5. The van der Waals surface area contributed by atoms with Gasteiger partial charge in [0.05, 0.1) is 11.3 Å². The second-order valence-electron chi connectivity index (χ2n) is 5.88. The number of aromatic nitrogens is 1. The molecule has 0 bridgehead atoms. The molecular weight excluding hydrogens is 398 g/mol. The number of aliphatic carboxylic acids is 1. The summed E-state index contributed by atoms with van der Waals surface area (Å²) in [5.74, 6) is -1.20. The normalized spacial score (nSPS) is 14.6. The number of hydrogen-bond donors (Lipinski definition) is 2. The highest BCUT2D eigenvalue weighted by Gasteiger charge is 2.33. The minimum absolute atomic E-state index is 0.0357. The number of carbonyl (C=O) groups excluding carboxylic acids is 1. The van der Waals surface area contributed by atoms with Crippen molar-refractivity contribution in [1.29, 1.82) is 0 Å². The third-order valence-electron chi connectivity index (χ3n) is 4.08. The minimum atomic E-state index is -3.77. The molecular formula is C16H16ClN3O6S. The van der Waals surface area contributed by atoms with Crippen LogP contribution in [0.5, 0.6) is 0 Å². The van der Waals surface area contributed by atoms with Crippen molar-refractivity contribution in [2.45, 2.75) is 24.3 Å². The van der Waals surface area contributed by atoms with Crippen molar-refractivity contribution in [3.05, 3.63) is 46.3 Å². The van der Waals surface area contributed by atoms with E-state index in [0.29, 0.717) is 16.3 Å². The van der Waals surface area contributed by atoms with Crippen LogP contribution < -0.4 is 5.32 Å². The molecule has 2 aromatic rings. The molecule has 11 heteroatoms. The lowest BCUT2D eigenvalue weighted by Crippen LogP contribution is -2.37. The lowest BCUT2D eigenvalue weighted by Gasteiger charge is -2.25. The molecule has 2 N–H and O–H groups in total. The maximum atomic E-state index is 12.8. The van der Waals surface area contributed by atoms with Crippen molar-refractivity contribution in [1.82, 2.24) is 14.8 Å². The first-order chi connectivity index (χ1) is 12.8. The summed E-state index contributed by atoms with van der Waals surface area (Å²) in [6, 6.07) is 5.82. The number of amides is 1. The van der Waals surface area contributed by atoms with Crippen molar-refractivity contribution >= 4 is 33.5 Å². The second kappa shape index (κ2) is 7.67. The van der Waals surface area contributed by atoms with Crippen LogP contribution in [0.1, 0.15) is 28.2 Å². The van der Waals surface area contributed by atoms with Crippen LogP contribution in [0.3, 0.4) is 0 Å². The van der Waals surface area contributed by atoms with Crippen molar-refractivity contribution in [3.8, 4) is 0 Å². The molecule has 3 rings (SSSR count). The van der Waals surface area contributed by atoms with Crippen LogP contribution in [0, 0.1) is 0 Å². The second-order valence-corrected chi connectivity index (χ2v) is 8.25. The highest BCUT2D eigenvalue weighted by Crippen LogP contribution is 2.27. The Morgan fingerprint density at radius 2 is 2.00 bits per heavy atom. The molecule has 1 aromatic heterocycles. The van der Waals surface area contributed by atoms with Gasteiger partial charge in [0.15, 0.2) is 5.69 Å². The van der Waals surface area contributed by atoms with E-state index >= 15 is 0 Å². The third kappa shape index (κ3) is 4.12. The quantitative estimate of drug-likeness (QED) is 0.729. The fraction of sp³-hybridized carbons (Fsp3) is 0.312. The number of nitrogens with one attached hydrogen (secondary N) is 1. The van der Waals surface area contributed by atoms with E-state index in [9.17, 15) is 18.0 Å². The molecule has 1 aliphatic heterocycles. The Labute approximate surface area is 159 Å². The number of fused-ring (bicyclic) bond motifs is 1. The summed E-state index contributed by atoms with van der Waals surface area (Å²) in [6.45, 7) is 0.0568. The Morgan fingerprint density at radius 1 is 1.30 bits per heavy atom. The molecule has 0 radical (unpaired) electrons. The molecule has 0 saturated carbocycles.